The first-order chi connectivity index (χ1) is 26.2. The molecular formula is C44H40N8O2. The van der Waals surface area contributed by atoms with E-state index in [-0.39, 0.29) is 5.91 Å². The Morgan fingerprint density at radius 2 is 1.02 bits per heavy atom. The molecule has 6 aromatic carbocycles. The second-order valence-electron chi connectivity index (χ2n) is 13.7. The van der Waals surface area contributed by atoms with Gasteiger partial charge < -0.3 is 35.5 Å². The van der Waals surface area contributed by atoms with Crippen LogP contribution >= 0.6 is 0 Å². The number of aromatic amines is 2. The van der Waals surface area contributed by atoms with E-state index in [9.17, 15) is 9.90 Å². The van der Waals surface area contributed by atoms with Crippen molar-refractivity contribution in [1.82, 2.24) is 19.9 Å². The number of aliphatic hydroxyl groups is 1. The Morgan fingerprint density at radius 1 is 0.574 bits per heavy atom. The number of aliphatic hydroxyl groups excluding tert-OH is 1. The molecule has 5 N–H and O–H groups in total. The molecule has 8 aromatic rings. The fraction of sp³-hybridized carbons (Fsp3) is 0.114. The first-order valence-corrected chi connectivity index (χ1v) is 17.7. The molecule has 0 fully saturated rings. The summed E-state index contributed by atoms with van der Waals surface area (Å²) in [5.74, 6) is 1.37. The Bertz CT molecular complexity index is 2570. The number of benzene rings is 6. The number of carbonyl (C=O) groups excluding carboxylic acids is 1. The number of H-pyrrole nitrogens is 2. The van der Waals surface area contributed by atoms with Crippen molar-refractivity contribution < 1.29 is 9.90 Å². The molecule has 2 heterocycles. The van der Waals surface area contributed by atoms with Crippen LogP contribution in [-0.2, 0) is 0 Å². The molecule has 10 nitrogen and oxygen atoms in total. The van der Waals surface area contributed by atoms with Gasteiger partial charge in [-0.15, -0.1) is 0 Å². The maximum atomic E-state index is 12.8. The fourth-order valence-electron chi connectivity index (χ4n) is 6.40. The van der Waals surface area contributed by atoms with Crippen LogP contribution in [0.3, 0.4) is 0 Å². The average Bonchev–Trinajstić information content (AvgIpc) is 3.82. The van der Waals surface area contributed by atoms with Crippen molar-refractivity contribution in [2.45, 2.75) is 6.23 Å². The molecule has 1 unspecified atom stereocenters. The summed E-state index contributed by atoms with van der Waals surface area (Å²) in [6.07, 6.45) is -0.825. The third-order valence-electron chi connectivity index (χ3n) is 9.55. The highest BCUT2D eigenvalue weighted by atomic mass is 16.3. The molecule has 268 valence electrons. The Kier molecular flexibility index (Phi) is 9.02. The van der Waals surface area contributed by atoms with Crippen LogP contribution in [0.4, 0.5) is 22.7 Å². The molecule has 0 aliphatic rings. The van der Waals surface area contributed by atoms with Crippen molar-refractivity contribution in [3.63, 3.8) is 0 Å². The summed E-state index contributed by atoms with van der Waals surface area (Å²) < 4.78 is 0. The highest BCUT2D eigenvalue weighted by molar-refractivity contribution is 6.04. The minimum absolute atomic E-state index is 0.157. The summed E-state index contributed by atoms with van der Waals surface area (Å²) in [4.78, 5) is 33.4. The number of amides is 1. The standard InChI is InChI=1S/C44H40N8O2/c1-51(2)35-19-9-29(10-20-35)43(53)45-33-15-5-27(6-16-33)41-47-37-23-13-31(25-39(37)49-41)32-14-24-38-40(26-32)50-42(48-38)28-7-17-34(18-8-28)46-44(54)30-11-21-36(22-12-30)52(3)4/h5-26,43,45,53H,1-4H3,(H,46,54)(H,47,49)(H,48,50). The zero-order chi connectivity index (χ0) is 37.3. The zero-order valence-electron chi connectivity index (χ0n) is 30.4. The SMILES string of the molecule is CN(C)c1ccc(C(=O)Nc2ccc(-c3nc4ccc(-c5ccc6nc(-c7ccc(NC(O)c8ccc(N(C)C)cc8)cc7)[nH]c6c5)cc4[nH]3)cc2)cc1. The van der Waals surface area contributed by atoms with Crippen LogP contribution in [0.25, 0.3) is 56.0 Å². The minimum Gasteiger partial charge on any atom is -0.378 e. The monoisotopic (exact) mass is 712 g/mol. The van der Waals surface area contributed by atoms with Gasteiger partial charge in [-0.05, 0) is 120 Å². The first kappa shape index (κ1) is 34.2. The Morgan fingerprint density at radius 3 is 1.50 bits per heavy atom. The highest BCUT2D eigenvalue weighted by Crippen LogP contribution is 2.30. The summed E-state index contributed by atoms with van der Waals surface area (Å²) >= 11 is 0. The van der Waals surface area contributed by atoms with E-state index in [2.05, 4.69) is 44.9 Å². The van der Waals surface area contributed by atoms with Crippen LogP contribution in [0.5, 0.6) is 0 Å². The lowest BCUT2D eigenvalue weighted by atomic mass is 10.0. The number of carbonyl (C=O) groups is 1. The second kappa shape index (κ2) is 14.3. The Balaban J connectivity index is 0.941. The van der Waals surface area contributed by atoms with E-state index < -0.39 is 6.23 Å². The van der Waals surface area contributed by atoms with E-state index in [1.807, 2.05) is 147 Å². The summed E-state index contributed by atoms with van der Waals surface area (Å²) in [6.45, 7) is 0. The molecule has 0 saturated carbocycles. The third-order valence-corrected chi connectivity index (χ3v) is 9.55. The van der Waals surface area contributed by atoms with Gasteiger partial charge in [0.15, 0.2) is 6.23 Å². The van der Waals surface area contributed by atoms with E-state index >= 15 is 0 Å². The normalized spacial score (nSPS) is 11.8. The molecule has 8 rings (SSSR count). The zero-order valence-corrected chi connectivity index (χ0v) is 30.4. The van der Waals surface area contributed by atoms with Gasteiger partial charge in [-0.2, -0.15) is 0 Å². The molecular weight excluding hydrogens is 673 g/mol. The number of aromatic nitrogens is 4. The second-order valence-corrected chi connectivity index (χ2v) is 13.7. The lowest BCUT2D eigenvalue weighted by Crippen LogP contribution is -2.13. The van der Waals surface area contributed by atoms with Gasteiger partial charge in [0.2, 0.25) is 0 Å². The van der Waals surface area contributed by atoms with E-state index in [1.54, 1.807) is 0 Å². The van der Waals surface area contributed by atoms with Crippen molar-refractivity contribution in [3.8, 4) is 33.9 Å². The number of nitrogens with zero attached hydrogens (tertiary/aromatic N) is 4. The molecule has 0 bridgehead atoms. The van der Waals surface area contributed by atoms with E-state index in [4.69, 9.17) is 9.97 Å². The van der Waals surface area contributed by atoms with Crippen molar-refractivity contribution >= 4 is 50.7 Å². The predicted octanol–water partition coefficient (Wildman–Crippen LogP) is 8.93. The van der Waals surface area contributed by atoms with Crippen molar-refractivity contribution in [2.24, 2.45) is 0 Å². The maximum absolute atomic E-state index is 12.8. The van der Waals surface area contributed by atoms with Crippen molar-refractivity contribution in [2.75, 3.05) is 48.6 Å². The summed E-state index contributed by atoms with van der Waals surface area (Å²) in [5, 5.41) is 16.9. The molecule has 54 heavy (non-hydrogen) atoms. The van der Waals surface area contributed by atoms with Crippen molar-refractivity contribution in [1.29, 1.82) is 0 Å². The number of rotatable bonds is 10. The van der Waals surface area contributed by atoms with Crippen LogP contribution in [0.1, 0.15) is 22.1 Å². The van der Waals surface area contributed by atoms with E-state index in [1.165, 1.54) is 0 Å². The largest absolute Gasteiger partial charge is 0.378 e. The Labute approximate surface area is 313 Å². The van der Waals surface area contributed by atoms with Gasteiger partial charge >= 0.3 is 0 Å². The van der Waals surface area contributed by atoms with Gasteiger partial charge in [0.25, 0.3) is 5.91 Å². The quantitative estimate of drug-likeness (QED) is 0.0897. The third kappa shape index (κ3) is 7.10. The average molecular weight is 713 g/mol. The highest BCUT2D eigenvalue weighted by Gasteiger charge is 2.13. The Hall–Kier alpha value is -6.91. The summed E-state index contributed by atoms with van der Waals surface area (Å²) in [6, 6.07) is 43.3. The van der Waals surface area contributed by atoms with Crippen molar-refractivity contribution in [3.05, 3.63) is 145 Å². The molecule has 0 radical (unpaired) electrons. The predicted molar refractivity (Wildman–Crippen MR) is 220 cm³/mol. The number of anilines is 4. The lowest BCUT2D eigenvalue weighted by Gasteiger charge is -2.17. The van der Waals surface area contributed by atoms with Crippen LogP contribution in [0, 0.1) is 0 Å². The molecule has 0 saturated heterocycles. The van der Waals surface area contributed by atoms with E-state index in [0.717, 1.165) is 78.6 Å². The van der Waals surface area contributed by atoms with Gasteiger partial charge in [0.1, 0.15) is 11.6 Å². The molecule has 0 aliphatic heterocycles. The first-order valence-electron chi connectivity index (χ1n) is 17.7. The minimum atomic E-state index is -0.825. The van der Waals surface area contributed by atoms with Gasteiger partial charge in [0.05, 0.1) is 22.1 Å². The molecule has 1 amide bonds. The maximum Gasteiger partial charge on any atom is 0.255 e. The fourth-order valence-corrected chi connectivity index (χ4v) is 6.40. The number of imidazole rings is 2. The summed E-state index contributed by atoms with van der Waals surface area (Å²) in [5.41, 5.74) is 12.6. The summed E-state index contributed by atoms with van der Waals surface area (Å²) in [7, 11) is 7.92. The number of hydrogen-bond acceptors (Lipinski definition) is 7. The van der Waals surface area contributed by atoms with Crippen LogP contribution in [-0.4, -0.2) is 59.1 Å². The van der Waals surface area contributed by atoms with Gasteiger partial charge in [-0.25, -0.2) is 9.97 Å². The molecule has 2 aromatic heterocycles. The molecule has 0 aliphatic carbocycles. The van der Waals surface area contributed by atoms with Crippen LogP contribution < -0.4 is 20.4 Å². The number of fused-ring (bicyclic) bond motifs is 2. The molecule has 10 heteroatoms. The molecule has 0 spiro atoms. The van der Waals surface area contributed by atoms with Gasteiger partial charge in [-0.1, -0.05) is 24.3 Å². The van der Waals surface area contributed by atoms with Gasteiger partial charge in [0, 0.05) is 73.2 Å². The topological polar surface area (TPSA) is 125 Å². The lowest BCUT2D eigenvalue weighted by molar-refractivity contribution is 0.102. The van der Waals surface area contributed by atoms with Crippen LogP contribution in [0.2, 0.25) is 0 Å². The number of nitrogens with one attached hydrogen (secondary N) is 4. The number of hydrogen-bond donors (Lipinski definition) is 5. The van der Waals surface area contributed by atoms with Crippen LogP contribution in [0.15, 0.2) is 133 Å². The smallest absolute Gasteiger partial charge is 0.255 e. The molecule has 1 atom stereocenters. The van der Waals surface area contributed by atoms with Gasteiger partial charge in [-0.3, -0.25) is 4.79 Å². The van der Waals surface area contributed by atoms with E-state index in [0.29, 0.717) is 11.3 Å².